The summed E-state index contributed by atoms with van der Waals surface area (Å²) in [6, 6.07) is 25.4. The van der Waals surface area contributed by atoms with Gasteiger partial charge in [-0.15, -0.1) is 0 Å². The van der Waals surface area contributed by atoms with E-state index in [0.29, 0.717) is 24.0 Å². The minimum absolute atomic E-state index is 0.0968. The third-order valence-electron chi connectivity index (χ3n) is 6.70. The zero-order valence-corrected chi connectivity index (χ0v) is 24.2. The Hall–Kier alpha value is -4.39. The molecular weight excluding hydrogens is 498 g/mol. The first-order chi connectivity index (χ1) is 19.1. The van der Waals surface area contributed by atoms with Crippen LogP contribution in [-0.2, 0) is 4.79 Å². The van der Waals surface area contributed by atoms with Crippen LogP contribution < -0.4 is 10.6 Å². The summed E-state index contributed by atoms with van der Waals surface area (Å²) in [4.78, 5) is 28.4. The highest BCUT2D eigenvalue weighted by atomic mass is 16.2. The predicted molar refractivity (Wildman–Crippen MR) is 163 cm³/mol. The van der Waals surface area contributed by atoms with Crippen LogP contribution in [-0.4, -0.2) is 39.7 Å². The van der Waals surface area contributed by atoms with Crippen molar-refractivity contribution < 1.29 is 9.59 Å². The zero-order valence-electron chi connectivity index (χ0n) is 24.2. The number of nitrogens with zero attached hydrogens (tertiary/aromatic N) is 3. The molecule has 40 heavy (non-hydrogen) atoms. The van der Waals surface area contributed by atoms with Crippen molar-refractivity contribution in [3.63, 3.8) is 0 Å². The van der Waals surface area contributed by atoms with Crippen molar-refractivity contribution >= 4 is 23.4 Å². The van der Waals surface area contributed by atoms with Gasteiger partial charge in [-0.05, 0) is 61.1 Å². The van der Waals surface area contributed by atoms with Gasteiger partial charge in [0.15, 0.2) is 0 Å². The molecule has 1 heterocycles. The standard InChI is InChI=1S/C33H39N5O2/c1-22(2)20-37(33(40)34-28-16-14-26(15-17-28)23(3)4)21-30(39)35-32-31(27-10-8-7-9-11-27)25(6)36-38(32)29-18-12-24(5)13-19-29/h7-19,22-23H,20-21H2,1-6H3,(H,34,40)(H,35,39). The maximum absolute atomic E-state index is 13.5. The lowest BCUT2D eigenvalue weighted by Gasteiger charge is -2.25. The summed E-state index contributed by atoms with van der Waals surface area (Å²) in [6.07, 6.45) is 0. The molecule has 0 bridgehead atoms. The quantitative estimate of drug-likeness (QED) is 0.233. The van der Waals surface area contributed by atoms with Crippen LogP contribution in [0.15, 0.2) is 78.9 Å². The molecule has 3 aromatic carbocycles. The highest BCUT2D eigenvalue weighted by Crippen LogP contribution is 2.33. The first-order valence-corrected chi connectivity index (χ1v) is 13.8. The molecule has 7 nitrogen and oxygen atoms in total. The molecule has 1 aromatic heterocycles. The van der Waals surface area contributed by atoms with E-state index in [4.69, 9.17) is 5.10 Å². The number of hydrogen-bond acceptors (Lipinski definition) is 3. The van der Waals surface area contributed by atoms with Crippen molar-refractivity contribution in [1.82, 2.24) is 14.7 Å². The summed E-state index contributed by atoms with van der Waals surface area (Å²) in [5.41, 5.74) is 6.47. The molecule has 3 amide bonds. The second-order valence-corrected chi connectivity index (χ2v) is 11.0. The van der Waals surface area contributed by atoms with E-state index in [1.807, 2.05) is 107 Å². The molecule has 2 N–H and O–H groups in total. The van der Waals surface area contributed by atoms with Crippen molar-refractivity contribution in [3.8, 4) is 16.8 Å². The third-order valence-corrected chi connectivity index (χ3v) is 6.70. The van der Waals surface area contributed by atoms with Crippen molar-refractivity contribution in [3.05, 3.63) is 95.7 Å². The number of amides is 3. The van der Waals surface area contributed by atoms with Gasteiger partial charge < -0.3 is 15.5 Å². The van der Waals surface area contributed by atoms with E-state index in [2.05, 4.69) is 24.5 Å². The lowest BCUT2D eigenvalue weighted by atomic mass is 10.0. The largest absolute Gasteiger partial charge is 0.322 e. The molecule has 0 radical (unpaired) electrons. The summed E-state index contributed by atoms with van der Waals surface area (Å²) in [6.45, 7) is 12.6. The van der Waals surface area contributed by atoms with Gasteiger partial charge in [0.1, 0.15) is 12.4 Å². The fourth-order valence-electron chi connectivity index (χ4n) is 4.62. The van der Waals surface area contributed by atoms with Crippen LogP contribution in [0.1, 0.15) is 50.4 Å². The molecule has 7 heteroatoms. The van der Waals surface area contributed by atoms with E-state index < -0.39 is 0 Å². The fraction of sp³-hybridized carbons (Fsp3) is 0.303. The molecule has 0 aliphatic carbocycles. The van der Waals surface area contributed by atoms with Crippen LogP contribution in [0.5, 0.6) is 0 Å². The summed E-state index contributed by atoms with van der Waals surface area (Å²) < 4.78 is 1.76. The van der Waals surface area contributed by atoms with Crippen molar-refractivity contribution in [1.29, 1.82) is 0 Å². The Kier molecular flexibility index (Phi) is 9.04. The molecule has 0 aliphatic rings. The lowest BCUT2D eigenvalue weighted by molar-refractivity contribution is -0.116. The van der Waals surface area contributed by atoms with E-state index in [0.717, 1.165) is 28.1 Å². The monoisotopic (exact) mass is 537 g/mol. The summed E-state index contributed by atoms with van der Waals surface area (Å²) in [5, 5.41) is 10.8. The van der Waals surface area contributed by atoms with Gasteiger partial charge in [0.2, 0.25) is 5.91 Å². The average Bonchev–Trinajstić information content (AvgIpc) is 3.24. The molecule has 4 rings (SSSR count). The van der Waals surface area contributed by atoms with E-state index in [-0.39, 0.29) is 24.4 Å². The number of nitrogens with one attached hydrogen (secondary N) is 2. The fourth-order valence-corrected chi connectivity index (χ4v) is 4.62. The van der Waals surface area contributed by atoms with Gasteiger partial charge in [-0.25, -0.2) is 9.48 Å². The van der Waals surface area contributed by atoms with Gasteiger partial charge in [0.05, 0.1) is 11.4 Å². The van der Waals surface area contributed by atoms with E-state index in [1.54, 1.807) is 9.58 Å². The molecule has 0 saturated heterocycles. The van der Waals surface area contributed by atoms with Crippen LogP contribution in [0.25, 0.3) is 16.8 Å². The molecule has 0 unspecified atom stereocenters. The van der Waals surface area contributed by atoms with Crippen molar-refractivity contribution in [2.24, 2.45) is 5.92 Å². The Morgan fingerprint density at radius 1 is 0.850 bits per heavy atom. The number of anilines is 2. The minimum atomic E-state index is -0.312. The van der Waals surface area contributed by atoms with Gasteiger partial charge in [0, 0.05) is 17.8 Å². The topological polar surface area (TPSA) is 79.3 Å². The van der Waals surface area contributed by atoms with Crippen LogP contribution in [0.3, 0.4) is 0 Å². The van der Waals surface area contributed by atoms with Gasteiger partial charge in [-0.2, -0.15) is 5.10 Å². The predicted octanol–water partition coefficient (Wildman–Crippen LogP) is 7.41. The first kappa shape index (κ1) is 28.6. The Balaban J connectivity index is 1.60. The molecule has 0 aliphatic heterocycles. The number of aromatic nitrogens is 2. The first-order valence-electron chi connectivity index (χ1n) is 13.8. The smallest absolute Gasteiger partial charge is 0.315 e. The molecule has 0 spiro atoms. The molecule has 208 valence electrons. The highest BCUT2D eigenvalue weighted by Gasteiger charge is 2.23. The van der Waals surface area contributed by atoms with Crippen LogP contribution >= 0.6 is 0 Å². The lowest BCUT2D eigenvalue weighted by Crippen LogP contribution is -2.42. The van der Waals surface area contributed by atoms with E-state index in [9.17, 15) is 9.59 Å². The van der Waals surface area contributed by atoms with Crippen molar-refractivity contribution in [2.45, 2.75) is 47.5 Å². The maximum atomic E-state index is 13.5. The summed E-state index contributed by atoms with van der Waals surface area (Å²) >= 11 is 0. The number of rotatable bonds is 9. The molecular formula is C33H39N5O2. The minimum Gasteiger partial charge on any atom is -0.315 e. The normalized spacial score (nSPS) is 11.1. The summed E-state index contributed by atoms with van der Waals surface area (Å²) in [7, 11) is 0. The Bertz CT molecular complexity index is 1440. The molecule has 0 saturated carbocycles. The van der Waals surface area contributed by atoms with Crippen LogP contribution in [0.4, 0.5) is 16.3 Å². The van der Waals surface area contributed by atoms with Gasteiger partial charge in [0.25, 0.3) is 0 Å². The Labute approximate surface area is 237 Å². The number of hydrogen-bond donors (Lipinski definition) is 2. The van der Waals surface area contributed by atoms with Gasteiger partial charge in [-0.3, -0.25) is 4.79 Å². The second kappa shape index (κ2) is 12.6. The van der Waals surface area contributed by atoms with Gasteiger partial charge in [-0.1, -0.05) is 87.9 Å². The third kappa shape index (κ3) is 6.97. The van der Waals surface area contributed by atoms with Gasteiger partial charge >= 0.3 is 6.03 Å². The second-order valence-electron chi connectivity index (χ2n) is 11.0. The zero-order chi connectivity index (χ0) is 28.8. The van der Waals surface area contributed by atoms with E-state index in [1.165, 1.54) is 5.56 Å². The number of aryl methyl sites for hydroxylation is 2. The highest BCUT2D eigenvalue weighted by molar-refractivity contribution is 5.99. The SMILES string of the molecule is Cc1ccc(-n2nc(C)c(-c3ccccc3)c2NC(=O)CN(CC(C)C)C(=O)Nc2ccc(C(C)C)cc2)cc1. The maximum Gasteiger partial charge on any atom is 0.322 e. The van der Waals surface area contributed by atoms with E-state index >= 15 is 0 Å². The van der Waals surface area contributed by atoms with Crippen molar-refractivity contribution in [2.75, 3.05) is 23.7 Å². The summed E-state index contributed by atoms with van der Waals surface area (Å²) in [5.74, 6) is 0.869. The van der Waals surface area contributed by atoms with Crippen LogP contribution in [0, 0.1) is 19.8 Å². The molecule has 0 atom stereocenters. The Morgan fingerprint density at radius 2 is 1.50 bits per heavy atom. The van der Waals surface area contributed by atoms with Crippen LogP contribution in [0.2, 0.25) is 0 Å². The molecule has 0 fully saturated rings. The number of benzene rings is 3. The Morgan fingerprint density at radius 3 is 2.10 bits per heavy atom. The number of carbonyl (C=O) groups excluding carboxylic acids is 2. The number of carbonyl (C=O) groups is 2. The molecule has 4 aromatic rings. The average molecular weight is 538 g/mol. The number of urea groups is 1.